The molecular formula is C15H28N4O7S. The van der Waals surface area contributed by atoms with Gasteiger partial charge in [-0.3, -0.25) is 14.4 Å². The summed E-state index contributed by atoms with van der Waals surface area (Å²) in [7, 11) is 0. The topological polar surface area (TPSA) is 191 Å². The smallest absolute Gasteiger partial charge is 0.328 e. The van der Waals surface area contributed by atoms with E-state index in [-0.39, 0.29) is 0 Å². The monoisotopic (exact) mass is 408 g/mol. The number of aliphatic carboxylic acids is 1. The summed E-state index contributed by atoms with van der Waals surface area (Å²) in [5.41, 5.74) is 5.71. The highest BCUT2D eigenvalue weighted by Crippen LogP contribution is 2.00. The molecule has 0 saturated heterocycles. The highest BCUT2D eigenvalue weighted by Gasteiger charge is 2.31. The van der Waals surface area contributed by atoms with Crippen LogP contribution in [0.1, 0.15) is 20.3 Å². The number of carbonyl (C=O) groups excluding carboxylic acids is 3. The second-order valence-electron chi connectivity index (χ2n) is 5.93. The molecule has 0 heterocycles. The van der Waals surface area contributed by atoms with E-state index in [0.717, 1.165) is 0 Å². The van der Waals surface area contributed by atoms with Crippen molar-refractivity contribution in [2.45, 2.75) is 50.5 Å². The Kier molecular flexibility index (Phi) is 11.6. The fraction of sp³-hybridized carbons (Fsp3) is 0.733. The van der Waals surface area contributed by atoms with Crippen molar-refractivity contribution in [3.05, 3.63) is 0 Å². The van der Waals surface area contributed by atoms with Crippen molar-refractivity contribution in [1.82, 2.24) is 16.0 Å². The van der Waals surface area contributed by atoms with Crippen molar-refractivity contribution in [3.63, 3.8) is 0 Å². The molecule has 0 aromatic rings. The molecule has 0 spiro atoms. The zero-order chi connectivity index (χ0) is 21.1. The van der Waals surface area contributed by atoms with Crippen molar-refractivity contribution in [2.75, 3.05) is 18.6 Å². The van der Waals surface area contributed by atoms with Gasteiger partial charge in [-0.1, -0.05) is 0 Å². The number of aliphatic hydroxyl groups excluding tert-OH is 2. The Morgan fingerprint density at radius 2 is 1.63 bits per heavy atom. The molecule has 0 aromatic heterocycles. The van der Waals surface area contributed by atoms with Gasteiger partial charge in [0.2, 0.25) is 17.7 Å². The Labute approximate surface area is 161 Å². The molecule has 0 fully saturated rings. The summed E-state index contributed by atoms with van der Waals surface area (Å²) in [6, 6.07) is -4.89. The maximum absolute atomic E-state index is 12.2. The predicted octanol–water partition coefficient (Wildman–Crippen LogP) is -3.00. The summed E-state index contributed by atoms with van der Waals surface area (Å²) >= 11 is 1.52. The maximum atomic E-state index is 12.2. The van der Waals surface area contributed by atoms with Crippen LogP contribution in [0.5, 0.6) is 0 Å². The van der Waals surface area contributed by atoms with Gasteiger partial charge in [0.1, 0.15) is 18.1 Å². The van der Waals surface area contributed by atoms with E-state index < -0.39 is 60.6 Å². The number of carboxylic acid groups (broad SMARTS) is 1. The zero-order valence-electron chi connectivity index (χ0n) is 15.5. The molecule has 0 aromatic carbocycles. The van der Waals surface area contributed by atoms with E-state index in [4.69, 9.17) is 15.9 Å². The SMILES string of the molecule is CSCCC(N)C(=O)NC(C)C(=O)NC(C(=O)NC(CO)C(=O)O)C(C)O. The molecule has 0 radical (unpaired) electrons. The average Bonchev–Trinajstić information content (AvgIpc) is 2.60. The van der Waals surface area contributed by atoms with Gasteiger partial charge in [-0.2, -0.15) is 11.8 Å². The first kappa shape index (κ1) is 25.1. The Bertz CT molecular complexity index is 532. The van der Waals surface area contributed by atoms with Crippen molar-refractivity contribution in [3.8, 4) is 0 Å². The summed E-state index contributed by atoms with van der Waals surface area (Å²) in [4.78, 5) is 47.1. The average molecular weight is 408 g/mol. The molecule has 0 saturated carbocycles. The van der Waals surface area contributed by atoms with Gasteiger partial charge >= 0.3 is 5.97 Å². The fourth-order valence-corrected chi connectivity index (χ4v) is 2.38. The Morgan fingerprint density at radius 3 is 2.07 bits per heavy atom. The van der Waals surface area contributed by atoms with Crippen LogP contribution in [0.4, 0.5) is 0 Å². The lowest BCUT2D eigenvalue weighted by molar-refractivity contribution is -0.144. The van der Waals surface area contributed by atoms with Gasteiger partial charge in [0, 0.05) is 0 Å². The number of aliphatic hydroxyl groups is 2. The van der Waals surface area contributed by atoms with E-state index in [9.17, 15) is 24.3 Å². The number of hydrogen-bond donors (Lipinski definition) is 7. The fourth-order valence-electron chi connectivity index (χ4n) is 1.89. The van der Waals surface area contributed by atoms with Gasteiger partial charge in [0.25, 0.3) is 0 Å². The first-order valence-corrected chi connectivity index (χ1v) is 9.61. The molecule has 8 N–H and O–H groups in total. The molecule has 11 nitrogen and oxygen atoms in total. The normalized spacial score (nSPS) is 16.4. The van der Waals surface area contributed by atoms with E-state index >= 15 is 0 Å². The van der Waals surface area contributed by atoms with Crippen LogP contribution in [-0.2, 0) is 19.2 Å². The van der Waals surface area contributed by atoms with E-state index in [1.165, 1.54) is 25.6 Å². The number of carboxylic acids is 1. The van der Waals surface area contributed by atoms with Gasteiger partial charge in [-0.15, -0.1) is 0 Å². The molecule has 5 unspecified atom stereocenters. The van der Waals surface area contributed by atoms with Crippen LogP contribution in [0.2, 0.25) is 0 Å². The molecule has 0 aliphatic carbocycles. The summed E-state index contributed by atoms with van der Waals surface area (Å²) in [5.74, 6) is -3.08. The molecule has 12 heteroatoms. The van der Waals surface area contributed by atoms with Crippen molar-refractivity contribution in [2.24, 2.45) is 5.73 Å². The van der Waals surface area contributed by atoms with Crippen LogP contribution in [0.3, 0.4) is 0 Å². The van der Waals surface area contributed by atoms with Crippen LogP contribution < -0.4 is 21.7 Å². The van der Waals surface area contributed by atoms with E-state index in [1.54, 1.807) is 0 Å². The molecule has 156 valence electrons. The van der Waals surface area contributed by atoms with Crippen LogP contribution in [0.25, 0.3) is 0 Å². The summed E-state index contributed by atoms with van der Waals surface area (Å²) in [5, 5.41) is 34.1. The van der Waals surface area contributed by atoms with Crippen LogP contribution in [-0.4, -0.2) is 87.9 Å². The number of nitrogens with two attached hydrogens (primary N) is 1. The lowest BCUT2D eigenvalue weighted by atomic mass is 10.1. The standard InChI is InChI=1S/C15H28N4O7S/c1-7(17-13(23)9(16)4-5-27-3)12(22)19-11(8(2)21)14(24)18-10(6-20)15(25)26/h7-11,20-21H,4-6,16H2,1-3H3,(H,17,23)(H,18,24)(H,19,22)(H,25,26). The zero-order valence-corrected chi connectivity index (χ0v) is 16.3. The highest BCUT2D eigenvalue weighted by molar-refractivity contribution is 7.98. The minimum absolute atomic E-state index is 0.428. The van der Waals surface area contributed by atoms with Crippen LogP contribution in [0, 0.1) is 0 Å². The summed E-state index contributed by atoms with van der Waals surface area (Å²) in [6.07, 6.45) is 0.944. The van der Waals surface area contributed by atoms with Crippen LogP contribution >= 0.6 is 11.8 Å². The molecule has 0 bridgehead atoms. The summed E-state index contributed by atoms with van der Waals surface area (Å²) in [6.45, 7) is 1.74. The third kappa shape index (κ3) is 9.04. The number of carbonyl (C=O) groups is 4. The van der Waals surface area contributed by atoms with E-state index in [2.05, 4.69) is 10.6 Å². The lowest BCUT2D eigenvalue weighted by Gasteiger charge is -2.24. The number of thioether (sulfide) groups is 1. The number of amides is 3. The molecule has 0 aliphatic heterocycles. The number of nitrogens with one attached hydrogen (secondary N) is 3. The Balaban J connectivity index is 4.85. The minimum Gasteiger partial charge on any atom is -0.480 e. The third-order valence-corrected chi connectivity index (χ3v) is 4.23. The van der Waals surface area contributed by atoms with Crippen LogP contribution in [0.15, 0.2) is 0 Å². The molecular weight excluding hydrogens is 380 g/mol. The van der Waals surface area contributed by atoms with Crippen molar-refractivity contribution >= 4 is 35.5 Å². The lowest BCUT2D eigenvalue weighted by Crippen LogP contribution is -2.59. The Hall–Kier alpha value is -1.89. The van der Waals surface area contributed by atoms with Crippen molar-refractivity contribution < 1.29 is 34.5 Å². The minimum atomic E-state index is -1.58. The molecule has 27 heavy (non-hydrogen) atoms. The predicted molar refractivity (Wildman–Crippen MR) is 98.8 cm³/mol. The first-order chi connectivity index (χ1) is 12.5. The molecule has 5 atom stereocenters. The van der Waals surface area contributed by atoms with Gasteiger partial charge in [0.15, 0.2) is 0 Å². The van der Waals surface area contributed by atoms with E-state index in [0.29, 0.717) is 12.2 Å². The third-order valence-electron chi connectivity index (χ3n) is 3.58. The summed E-state index contributed by atoms with van der Waals surface area (Å²) < 4.78 is 0. The quantitative estimate of drug-likeness (QED) is 0.176. The van der Waals surface area contributed by atoms with Gasteiger partial charge < -0.3 is 37.0 Å². The molecule has 3 amide bonds. The van der Waals surface area contributed by atoms with Gasteiger partial charge in [-0.25, -0.2) is 4.79 Å². The Morgan fingerprint density at radius 1 is 1.04 bits per heavy atom. The second kappa shape index (κ2) is 12.5. The molecule has 0 rings (SSSR count). The largest absolute Gasteiger partial charge is 0.480 e. The van der Waals surface area contributed by atoms with E-state index in [1.807, 2.05) is 11.6 Å². The van der Waals surface area contributed by atoms with Gasteiger partial charge in [0.05, 0.1) is 18.8 Å². The van der Waals surface area contributed by atoms with Gasteiger partial charge in [-0.05, 0) is 32.3 Å². The maximum Gasteiger partial charge on any atom is 0.328 e. The number of rotatable bonds is 12. The number of hydrogen-bond acceptors (Lipinski definition) is 8. The second-order valence-corrected chi connectivity index (χ2v) is 6.91. The molecule has 0 aliphatic rings. The van der Waals surface area contributed by atoms with Crippen molar-refractivity contribution in [1.29, 1.82) is 0 Å². The first-order valence-electron chi connectivity index (χ1n) is 8.22. The highest BCUT2D eigenvalue weighted by atomic mass is 32.2.